The average molecular weight is 257 g/mol. The lowest BCUT2D eigenvalue weighted by molar-refractivity contribution is 0.00628. The Labute approximate surface area is 90.9 Å². The number of halogens is 3. The molecule has 0 bridgehead atoms. The van der Waals surface area contributed by atoms with Crippen LogP contribution in [0, 0.1) is 0 Å². The van der Waals surface area contributed by atoms with Crippen molar-refractivity contribution in [3.05, 3.63) is 30.6 Å². The molecule has 16 heavy (non-hydrogen) atoms. The fourth-order valence-corrected chi connectivity index (χ4v) is 0.928. The molecule has 1 N–H and O–H groups in total. The first-order chi connectivity index (χ1) is 7.19. The van der Waals surface area contributed by atoms with E-state index in [4.69, 9.17) is 4.55 Å². The van der Waals surface area contributed by atoms with Gasteiger partial charge in [0.1, 0.15) is 0 Å². The van der Waals surface area contributed by atoms with Gasteiger partial charge in [-0.15, -0.1) is 0 Å². The van der Waals surface area contributed by atoms with Gasteiger partial charge in [0.2, 0.25) is 0 Å². The lowest BCUT2D eigenvalue weighted by atomic mass is 10.5. The van der Waals surface area contributed by atoms with E-state index in [9.17, 15) is 21.6 Å². The van der Waals surface area contributed by atoms with Crippen LogP contribution in [-0.2, 0) is 10.1 Å². The summed E-state index contributed by atoms with van der Waals surface area (Å²) in [6.07, 6.45) is 0.586. The zero-order valence-electron chi connectivity index (χ0n) is 8.22. The molecule has 0 aliphatic heterocycles. The lowest BCUT2D eigenvalue weighted by Gasteiger charge is -2.12. The largest absolute Gasteiger partial charge is 0.399 e. The van der Waals surface area contributed by atoms with Crippen molar-refractivity contribution in [1.82, 2.24) is 4.98 Å². The number of nitrogens with zero attached hydrogens (tertiary/aromatic N) is 1. The minimum atomic E-state index is -5.61. The van der Waals surface area contributed by atoms with Crippen LogP contribution in [0.15, 0.2) is 30.6 Å². The number of hydrogen-bond acceptors (Lipinski definition) is 3. The Bertz CT molecular complexity index is 368. The van der Waals surface area contributed by atoms with Gasteiger partial charge in [0.15, 0.2) is 6.17 Å². The predicted molar refractivity (Wildman–Crippen MR) is 51.3 cm³/mol. The fourth-order valence-electron chi connectivity index (χ4n) is 0.518. The monoisotopic (exact) mass is 257 g/mol. The van der Waals surface area contributed by atoms with Crippen LogP contribution in [0.25, 0.3) is 0 Å². The number of hydrogen-bond donors (Lipinski definition) is 1. The molecule has 0 aliphatic carbocycles. The third-order valence-electron chi connectivity index (χ3n) is 1.37. The Balaban J connectivity index is 0.000000315. The van der Waals surface area contributed by atoms with Crippen LogP contribution in [0.2, 0.25) is 0 Å². The zero-order chi connectivity index (χ0) is 12.8. The topological polar surface area (TPSA) is 67.3 Å². The van der Waals surface area contributed by atoms with Gasteiger partial charge in [-0.1, -0.05) is 6.07 Å². The molecule has 1 aromatic heterocycles. The summed E-state index contributed by atoms with van der Waals surface area (Å²) in [7, 11) is -5.61. The van der Waals surface area contributed by atoms with Crippen LogP contribution in [0.3, 0.4) is 0 Å². The standard InChI is InChI=1S/C5H5N.C3H5F3O3S/c1-2-4-6-5-3-1;1-2(4)3(5,6)10(7,8)9/h1-5H;2H,1H3,(H,7,8,9). The Hall–Kier alpha value is -1.15. The van der Waals surface area contributed by atoms with Gasteiger partial charge in [0.25, 0.3) is 0 Å². The van der Waals surface area contributed by atoms with Crippen LogP contribution in [0.1, 0.15) is 6.92 Å². The number of alkyl halides is 3. The van der Waals surface area contributed by atoms with Crippen molar-refractivity contribution in [2.24, 2.45) is 0 Å². The quantitative estimate of drug-likeness (QED) is 0.822. The highest BCUT2D eigenvalue weighted by Gasteiger charge is 2.50. The summed E-state index contributed by atoms with van der Waals surface area (Å²) < 4.78 is 62.4. The van der Waals surface area contributed by atoms with E-state index in [1.807, 2.05) is 18.2 Å². The van der Waals surface area contributed by atoms with Crippen molar-refractivity contribution in [3.63, 3.8) is 0 Å². The Kier molecular flexibility index (Phi) is 5.39. The number of rotatable bonds is 2. The Morgan fingerprint density at radius 2 is 1.69 bits per heavy atom. The maximum absolute atomic E-state index is 11.8. The fraction of sp³-hybridized carbons (Fsp3) is 0.375. The van der Waals surface area contributed by atoms with Gasteiger partial charge in [-0.3, -0.25) is 9.54 Å². The predicted octanol–water partition coefficient (Wildman–Crippen LogP) is 1.91. The van der Waals surface area contributed by atoms with Crippen LogP contribution >= 0.6 is 0 Å². The molecule has 0 fully saturated rings. The average Bonchev–Trinajstić information content (AvgIpc) is 2.19. The normalized spacial score (nSPS) is 13.6. The van der Waals surface area contributed by atoms with Crippen LogP contribution < -0.4 is 0 Å². The van der Waals surface area contributed by atoms with Crippen LogP contribution in [0.5, 0.6) is 0 Å². The molecule has 0 aromatic carbocycles. The van der Waals surface area contributed by atoms with E-state index in [0.29, 0.717) is 6.92 Å². The molecule has 0 saturated carbocycles. The van der Waals surface area contributed by atoms with E-state index in [1.54, 1.807) is 12.4 Å². The first kappa shape index (κ1) is 14.8. The van der Waals surface area contributed by atoms with E-state index >= 15 is 0 Å². The molecule has 0 spiro atoms. The first-order valence-corrected chi connectivity index (χ1v) is 5.47. The summed E-state index contributed by atoms with van der Waals surface area (Å²) in [5.41, 5.74) is 0. The zero-order valence-corrected chi connectivity index (χ0v) is 9.03. The second-order valence-corrected chi connectivity index (χ2v) is 4.17. The van der Waals surface area contributed by atoms with Crippen molar-refractivity contribution in [2.75, 3.05) is 0 Å². The molecule has 0 saturated heterocycles. The summed E-state index contributed by atoms with van der Waals surface area (Å²) in [6, 6.07) is 5.72. The van der Waals surface area contributed by atoms with Crippen molar-refractivity contribution in [3.8, 4) is 0 Å². The highest BCUT2D eigenvalue weighted by molar-refractivity contribution is 7.86. The lowest BCUT2D eigenvalue weighted by Crippen LogP contribution is -2.36. The highest BCUT2D eigenvalue weighted by atomic mass is 32.2. The van der Waals surface area contributed by atoms with Gasteiger partial charge >= 0.3 is 15.4 Å². The van der Waals surface area contributed by atoms with Gasteiger partial charge in [0, 0.05) is 12.4 Å². The van der Waals surface area contributed by atoms with Gasteiger partial charge < -0.3 is 0 Å². The van der Waals surface area contributed by atoms with Crippen molar-refractivity contribution < 1.29 is 26.1 Å². The molecular weight excluding hydrogens is 247 g/mol. The Morgan fingerprint density at radius 1 is 1.25 bits per heavy atom. The second kappa shape index (κ2) is 5.80. The van der Waals surface area contributed by atoms with E-state index in [-0.39, 0.29) is 0 Å². The SMILES string of the molecule is CC(F)C(F)(F)S(=O)(=O)O.c1ccncc1. The van der Waals surface area contributed by atoms with Gasteiger partial charge in [-0.25, -0.2) is 4.39 Å². The summed E-state index contributed by atoms with van der Waals surface area (Å²) in [4.78, 5) is 3.78. The van der Waals surface area contributed by atoms with Gasteiger partial charge in [-0.2, -0.15) is 17.2 Å². The summed E-state index contributed by atoms with van der Waals surface area (Å²) in [5.74, 6) is 0. The van der Waals surface area contributed by atoms with E-state index in [0.717, 1.165) is 0 Å². The molecule has 0 amide bonds. The molecule has 1 aromatic rings. The van der Waals surface area contributed by atoms with E-state index in [1.165, 1.54) is 0 Å². The molecular formula is C8H10F3NO3S. The van der Waals surface area contributed by atoms with E-state index in [2.05, 4.69) is 4.98 Å². The summed E-state index contributed by atoms with van der Waals surface area (Å²) >= 11 is 0. The highest BCUT2D eigenvalue weighted by Crippen LogP contribution is 2.26. The first-order valence-electron chi connectivity index (χ1n) is 4.03. The Morgan fingerprint density at radius 3 is 1.75 bits per heavy atom. The van der Waals surface area contributed by atoms with Gasteiger partial charge in [-0.05, 0) is 19.1 Å². The van der Waals surface area contributed by atoms with Crippen LogP contribution in [-0.4, -0.2) is 29.4 Å². The van der Waals surface area contributed by atoms with Gasteiger partial charge in [0.05, 0.1) is 0 Å². The molecule has 4 nitrogen and oxygen atoms in total. The minimum Gasteiger partial charge on any atom is -0.281 e. The number of aromatic nitrogens is 1. The number of pyridine rings is 1. The maximum Gasteiger partial charge on any atom is 0.399 e. The molecule has 1 rings (SSSR count). The summed E-state index contributed by atoms with van der Waals surface area (Å²) in [6.45, 7) is 0.341. The second-order valence-electron chi connectivity index (χ2n) is 2.68. The molecule has 0 aliphatic rings. The summed E-state index contributed by atoms with van der Waals surface area (Å²) in [5, 5.41) is -4.70. The molecule has 92 valence electrons. The molecule has 8 heteroatoms. The third kappa shape index (κ3) is 4.58. The molecule has 0 radical (unpaired) electrons. The van der Waals surface area contributed by atoms with E-state index < -0.39 is 21.5 Å². The van der Waals surface area contributed by atoms with Crippen LogP contribution in [0.4, 0.5) is 13.2 Å². The third-order valence-corrected chi connectivity index (χ3v) is 2.39. The van der Waals surface area contributed by atoms with Crippen molar-refractivity contribution in [1.29, 1.82) is 0 Å². The van der Waals surface area contributed by atoms with Crippen molar-refractivity contribution >= 4 is 10.1 Å². The minimum absolute atomic E-state index is 0.341. The molecule has 1 unspecified atom stereocenters. The maximum atomic E-state index is 11.8. The van der Waals surface area contributed by atoms with Crippen molar-refractivity contribution in [2.45, 2.75) is 18.3 Å². The smallest absolute Gasteiger partial charge is 0.281 e. The molecule has 1 heterocycles. The molecule has 1 atom stereocenters.